The molecule has 0 N–H and O–H groups in total. The number of halogens is 1. The second-order valence-electron chi connectivity index (χ2n) is 8.47. The summed E-state index contributed by atoms with van der Waals surface area (Å²) in [7, 11) is 2.82. The van der Waals surface area contributed by atoms with Gasteiger partial charge in [-0.2, -0.15) is 0 Å². The van der Waals surface area contributed by atoms with Crippen molar-refractivity contribution in [3.05, 3.63) is 89.3 Å². The molecule has 0 unspecified atom stereocenters. The summed E-state index contributed by atoms with van der Waals surface area (Å²) >= 11 is 0. The molecule has 0 saturated heterocycles. The van der Waals surface area contributed by atoms with Gasteiger partial charge in [-0.1, -0.05) is 18.2 Å². The normalized spacial score (nSPS) is 10.8. The maximum absolute atomic E-state index is 14.5. The molecule has 3 aromatic carbocycles. The summed E-state index contributed by atoms with van der Waals surface area (Å²) in [5.74, 6) is -2.60. The van der Waals surface area contributed by atoms with E-state index in [1.807, 2.05) is 0 Å². The van der Waals surface area contributed by atoms with Gasteiger partial charge in [-0.3, -0.25) is 9.59 Å². The summed E-state index contributed by atoms with van der Waals surface area (Å²) in [6.07, 6.45) is 5.18. The highest BCUT2D eigenvalue weighted by Crippen LogP contribution is 2.30. The van der Waals surface area contributed by atoms with Crippen molar-refractivity contribution in [3.8, 4) is 28.7 Å². The first-order chi connectivity index (χ1) is 20.1. The SMILES string of the molecule is COc1cc(/C=C/C(=O)OCc2ccc(OC(=O)/C=C/c3ccc(OC(C)=O)c(OC)c3)c(F)c2)ccc1OC(C)=O. The van der Waals surface area contributed by atoms with Gasteiger partial charge in [0.1, 0.15) is 6.61 Å². The average molecular weight is 579 g/mol. The minimum atomic E-state index is -0.834. The Morgan fingerprint density at radius 3 is 1.62 bits per heavy atom. The maximum Gasteiger partial charge on any atom is 0.336 e. The molecule has 42 heavy (non-hydrogen) atoms. The van der Waals surface area contributed by atoms with Crippen LogP contribution < -0.4 is 23.7 Å². The Labute approximate surface area is 240 Å². The number of hydrogen-bond donors (Lipinski definition) is 0. The number of hydrogen-bond acceptors (Lipinski definition) is 10. The van der Waals surface area contributed by atoms with Crippen molar-refractivity contribution in [1.29, 1.82) is 0 Å². The predicted octanol–water partition coefficient (Wildman–Crippen LogP) is 5.07. The number of benzene rings is 3. The van der Waals surface area contributed by atoms with Gasteiger partial charge in [-0.05, 0) is 65.2 Å². The van der Waals surface area contributed by atoms with Crippen LogP contribution in [0, 0.1) is 5.82 Å². The molecule has 0 spiro atoms. The molecule has 0 aromatic heterocycles. The van der Waals surface area contributed by atoms with E-state index in [0.29, 0.717) is 22.4 Å². The fourth-order valence-corrected chi connectivity index (χ4v) is 3.44. The van der Waals surface area contributed by atoms with Crippen molar-refractivity contribution >= 4 is 36.0 Å². The number of carbonyl (C=O) groups is 4. The van der Waals surface area contributed by atoms with Gasteiger partial charge >= 0.3 is 23.9 Å². The van der Waals surface area contributed by atoms with Crippen LogP contribution in [-0.2, 0) is 30.5 Å². The van der Waals surface area contributed by atoms with Crippen molar-refractivity contribution in [3.63, 3.8) is 0 Å². The third-order valence-corrected chi connectivity index (χ3v) is 5.29. The van der Waals surface area contributed by atoms with Gasteiger partial charge in [0, 0.05) is 26.0 Å². The van der Waals surface area contributed by atoms with Gasteiger partial charge in [-0.15, -0.1) is 0 Å². The van der Waals surface area contributed by atoms with Gasteiger partial charge in [0.15, 0.2) is 34.6 Å². The van der Waals surface area contributed by atoms with E-state index in [1.54, 1.807) is 24.3 Å². The Bertz CT molecular complexity index is 1540. The highest BCUT2D eigenvalue weighted by molar-refractivity contribution is 5.89. The molecule has 10 nitrogen and oxygen atoms in total. The molecule has 0 fully saturated rings. The van der Waals surface area contributed by atoms with E-state index in [0.717, 1.165) is 12.1 Å². The Morgan fingerprint density at radius 2 is 1.14 bits per heavy atom. The molecule has 0 radical (unpaired) electrons. The van der Waals surface area contributed by atoms with Crippen LogP contribution in [0.5, 0.6) is 28.7 Å². The van der Waals surface area contributed by atoms with E-state index in [4.69, 9.17) is 28.4 Å². The Morgan fingerprint density at radius 1 is 0.643 bits per heavy atom. The van der Waals surface area contributed by atoms with Gasteiger partial charge in [0.05, 0.1) is 14.2 Å². The average Bonchev–Trinajstić information content (AvgIpc) is 2.95. The van der Waals surface area contributed by atoms with Gasteiger partial charge in [0.2, 0.25) is 0 Å². The Kier molecular flexibility index (Phi) is 11.0. The zero-order valence-electron chi connectivity index (χ0n) is 23.2. The molecule has 0 saturated carbocycles. The second-order valence-corrected chi connectivity index (χ2v) is 8.47. The first-order valence-electron chi connectivity index (χ1n) is 12.3. The summed E-state index contributed by atoms with van der Waals surface area (Å²) in [5, 5.41) is 0. The van der Waals surface area contributed by atoms with Crippen molar-refractivity contribution in [2.45, 2.75) is 20.5 Å². The van der Waals surface area contributed by atoms with Crippen molar-refractivity contribution < 1.29 is 52.0 Å². The fourth-order valence-electron chi connectivity index (χ4n) is 3.44. The zero-order valence-corrected chi connectivity index (χ0v) is 23.2. The molecule has 218 valence electrons. The minimum absolute atomic E-state index is 0.224. The summed E-state index contributed by atoms with van der Waals surface area (Å²) in [5.41, 5.74) is 1.46. The zero-order chi connectivity index (χ0) is 30.6. The molecule has 3 rings (SSSR count). The summed E-state index contributed by atoms with van der Waals surface area (Å²) < 4.78 is 45.2. The van der Waals surface area contributed by atoms with Gasteiger partial charge in [0.25, 0.3) is 0 Å². The predicted molar refractivity (Wildman–Crippen MR) is 149 cm³/mol. The molecule has 3 aromatic rings. The maximum atomic E-state index is 14.5. The van der Waals surface area contributed by atoms with Gasteiger partial charge < -0.3 is 28.4 Å². The van der Waals surface area contributed by atoms with E-state index in [-0.39, 0.29) is 29.6 Å². The van der Waals surface area contributed by atoms with Crippen LogP contribution in [0.3, 0.4) is 0 Å². The Hall–Kier alpha value is -5.45. The largest absolute Gasteiger partial charge is 0.493 e. The van der Waals surface area contributed by atoms with Crippen LogP contribution in [0.1, 0.15) is 30.5 Å². The minimum Gasteiger partial charge on any atom is -0.493 e. The third-order valence-electron chi connectivity index (χ3n) is 5.29. The van der Waals surface area contributed by atoms with Crippen LogP contribution in [0.4, 0.5) is 4.39 Å². The van der Waals surface area contributed by atoms with E-state index >= 15 is 0 Å². The lowest BCUT2D eigenvalue weighted by Crippen LogP contribution is -2.06. The summed E-state index contributed by atoms with van der Waals surface area (Å²) in [6.45, 7) is 2.30. The molecule has 0 heterocycles. The van der Waals surface area contributed by atoms with Crippen LogP contribution in [0.15, 0.2) is 66.7 Å². The van der Waals surface area contributed by atoms with Gasteiger partial charge in [-0.25, -0.2) is 14.0 Å². The molecule has 0 atom stereocenters. The second kappa shape index (κ2) is 14.8. The lowest BCUT2D eigenvalue weighted by atomic mass is 10.2. The number of ether oxygens (including phenoxy) is 6. The molecule has 0 aliphatic heterocycles. The Balaban J connectivity index is 1.55. The summed E-state index contributed by atoms with van der Waals surface area (Å²) in [6, 6.07) is 13.1. The number of rotatable bonds is 11. The van der Waals surface area contributed by atoms with E-state index in [9.17, 15) is 23.6 Å². The standard InChI is InChI=1S/C31H27FO10/c1-19(33)40-26-11-5-21(16-28(26)37-3)8-13-30(35)39-18-23-7-10-25(24(32)15-23)42-31(36)14-9-22-6-12-27(41-20(2)34)29(17-22)38-4/h5-17H,18H2,1-4H3/b13-8+,14-9+. The van der Waals surface area contributed by atoms with Crippen LogP contribution >= 0.6 is 0 Å². The third kappa shape index (κ3) is 9.33. The van der Waals surface area contributed by atoms with Crippen molar-refractivity contribution in [2.75, 3.05) is 14.2 Å². The van der Waals surface area contributed by atoms with Crippen LogP contribution in [-0.4, -0.2) is 38.1 Å². The van der Waals surface area contributed by atoms with Crippen molar-refractivity contribution in [2.24, 2.45) is 0 Å². The highest BCUT2D eigenvalue weighted by Gasteiger charge is 2.11. The molecule has 0 bridgehead atoms. The molecule has 0 aliphatic rings. The highest BCUT2D eigenvalue weighted by atomic mass is 19.1. The fraction of sp³-hybridized carbons (Fsp3) is 0.161. The van der Waals surface area contributed by atoms with Crippen molar-refractivity contribution in [1.82, 2.24) is 0 Å². The number of methoxy groups -OCH3 is 2. The van der Waals surface area contributed by atoms with Crippen LogP contribution in [0.25, 0.3) is 12.2 Å². The lowest BCUT2D eigenvalue weighted by Gasteiger charge is -2.08. The van der Waals surface area contributed by atoms with Crippen LogP contribution in [0.2, 0.25) is 0 Å². The monoisotopic (exact) mass is 578 g/mol. The quantitative estimate of drug-likeness (QED) is 0.173. The first-order valence-corrected chi connectivity index (χ1v) is 12.3. The van der Waals surface area contributed by atoms with E-state index < -0.39 is 29.7 Å². The number of carbonyl (C=O) groups excluding carboxylic acids is 4. The topological polar surface area (TPSA) is 124 Å². The van der Waals surface area contributed by atoms with E-state index in [1.165, 1.54) is 70.6 Å². The summed E-state index contributed by atoms with van der Waals surface area (Å²) in [4.78, 5) is 46.7. The first kappa shape index (κ1) is 31.1. The number of esters is 4. The molecule has 0 amide bonds. The van der Waals surface area contributed by atoms with E-state index in [2.05, 4.69) is 0 Å². The smallest absolute Gasteiger partial charge is 0.336 e. The molecular formula is C31H27FO10. The molecule has 0 aliphatic carbocycles. The lowest BCUT2D eigenvalue weighted by molar-refractivity contribution is -0.139. The molecule has 11 heteroatoms. The molecular weight excluding hydrogens is 551 g/mol.